The third-order valence-electron chi connectivity index (χ3n) is 4.87. The lowest BCUT2D eigenvalue weighted by molar-refractivity contribution is -0.140. The fourth-order valence-corrected chi connectivity index (χ4v) is 4.60. The quantitative estimate of drug-likeness (QED) is 0.451. The number of sulfonamides is 1. The molecule has 0 aliphatic carbocycles. The Balaban J connectivity index is 2.45. The third-order valence-corrected chi connectivity index (χ3v) is 7.49. The Morgan fingerprint density at radius 2 is 1.49 bits per heavy atom. The molecule has 35 heavy (non-hydrogen) atoms. The molecule has 2 amide bonds. The van der Waals surface area contributed by atoms with Crippen LogP contribution < -0.4 is 9.62 Å². The van der Waals surface area contributed by atoms with Gasteiger partial charge in [-0.3, -0.25) is 13.9 Å². The minimum atomic E-state index is -3.89. The van der Waals surface area contributed by atoms with Crippen LogP contribution in [0.5, 0.6) is 0 Å². The molecule has 0 aliphatic heterocycles. The van der Waals surface area contributed by atoms with E-state index in [1.165, 1.54) is 23.1 Å². The first-order chi connectivity index (χ1) is 16.0. The van der Waals surface area contributed by atoms with Gasteiger partial charge in [0.15, 0.2) is 0 Å². The Labute approximate surface area is 226 Å². The summed E-state index contributed by atoms with van der Waals surface area (Å²) in [5.41, 5.74) is 0.239. The molecule has 0 saturated carbocycles. The number of benzene rings is 2. The van der Waals surface area contributed by atoms with E-state index >= 15 is 0 Å². The highest BCUT2D eigenvalue weighted by Gasteiger charge is 2.31. The average molecular weight is 583 g/mol. The first-order valence-corrected chi connectivity index (χ1v) is 13.8. The van der Waals surface area contributed by atoms with Crippen molar-refractivity contribution in [3.8, 4) is 0 Å². The number of rotatable bonds is 8. The van der Waals surface area contributed by atoms with E-state index in [4.69, 9.17) is 46.4 Å². The minimum absolute atomic E-state index is 0.00652. The molecule has 1 atom stereocenters. The fraction of sp³-hybridized carbons (Fsp3) is 0.391. The van der Waals surface area contributed by atoms with E-state index in [1.807, 2.05) is 20.8 Å². The van der Waals surface area contributed by atoms with Crippen LogP contribution in [0.4, 0.5) is 5.69 Å². The molecule has 0 bridgehead atoms. The molecule has 0 radical (unpaired) electrons. The average Bonchev–Trinajstić information content (AvgIpc) is 2.72. The molecular weight excluding hydrogens is 556 g/mol. The molecule has 0 aromatic heterocycles. The lowest BCUT2D eigenvalue weighted by Crippen LogP contribution is -2.54. The van der Waals surface area contributed by atoms with Gasteiger partial charge in [0.2, 0.25) is 21.8 Å². The Morgan fingerprint density at radius 1 is 0.943 bits per heavy atom. The summed E-state index contributed by atoms with van der Waals surface area (Å²) in [4.78, 5) is 27.7. The van der Waals surface area contributed by atoms with E-state index in [-0.39, 0.29) is 27.3 Å². The highest BCUT2D eigenvalue weighted by atomic mass is 35.5. The van der Waals surface area contributed by atoms with Gasteiger partial charge in [-0.2, -0.15) is 0 Å². The van der Waals surface area contributed by atoms with Crippen molar-refractivity contribution in [2.75, 3.05) is 17.1 Å². The molecule has 192 valence electrons. The summed E-state index contributed by atoms with van der Waals surface area (Å²) in [6, 6.07) is 8.17. The van der Waals surface area contributed by atoms with Gasteiger partial charge in [0, 0.05) is 12.1 Å². The molecule has 2 aromatic carbocycles. The summed E-state index contributed by atoms with van der Waals surface area (Å²) in [6.45, 7) is 6.45. The first kappa shape index (κ1) is 29.5. The number of amides is 2. The summed E-state index contributed by atoms with van der Waals surface area (Å²) < 4.78 is 26.1. The monoisotopic (exact) mass is 581 g/mol. The van der Waals surface area contributed by atoms with Crippen LogP contribution in [0.25, 0.3) is 0 Å². The van der Waals surface area contributed by atoms with Crippen LogP contribution in [0.15, 0.2) is 36.4 Å². The van der Waals surface area contributed by atoms with E-state index in [1.54, 1.807) is 25.1 Å². The van der Waals surface area contributed by atoms with Crippen molar-refractivity contribution < 1.29 is 18.0 Å². The van der Waals surface area contributed by atoms with Crippen molar-refractivity contribution in [1.29, 1.82) is 0 Å². The van der Waals surface area contributed by atoms with Crippen LogP contribution >= 0.6 is 46.4 Å². The summed E-state index contributed by atoms with van der Waals surface area (Å²) in [6.07, 6.45) is 0.974. The summed E-state index contributed by atoms with van der Waals surface area (Å²) in [7, 11) is -3.89. The fourth-order valence-electron chi connectivity index (χ4n) is 3.15. The van der Waals surface area contributed by atoms with Crippen molar-refractivity contribution in [2.45, 2.75) is 45.8 Å². The molecule has 7 nitrogen and oxygen atoms in total. The number of nitrogens with one attached hydrogen (secondary N) is 1. The Morgan fingerprint density at radius 3 is 1.97 bits per heavy atom. The first-order valence-electron chi connectivity index (χ1n) is 10.5. The number of carbonyl (C=O) groups excluding carboxylic acids is 2. The predicted octanol–water partition coefficient (Wildman–Crippen LogP) is 5.40. The van der Waals surface area contributed by atoms with Crippen LogP contribution in [0, 0.1) is 0 Å². The van der Waals surface area contributed by atoms with Crippen molar-refractivity contribution in [1.82, 2.24) is 10.2 Å². The van der Waals surface area contributed by atoms with Crippen molar-refractivity contribution in [2.24, 2.45) is 0 Å². The van der Waals surface area contributed by atoms with Gasteiger partial charge in [0.25, 0.3) is 0 Å². The zero-order chi connectivity index (χ0) is 26.7. The maximum atomic E-state index is 13.5. The van der Waals surface area contributed by atoms with E-state index in [2.05, 4.69) is 5.32 Å². The maximum Gasteiger partial charge on any atom is 0.244 e. The second kappa shape index (κ2) is 11.6. The second-order valence-corrected chi connectivity index (χ2v) is 12.6. The van der Waals surface area contributed by atoms with Gasteiger partial charge in [0.05, 0.1) is 32.0 Å². The molecule has 2 rings (SSSR count). The van der Waals surface area contributed by atoms with Gasteiger partial charge in [-0.25, -0.2) is 8.42 Å². The van der Waals surface area contributed by atoms with Gasteiger partial charge in [-0.1, -0.05) is 52.5 Å². The van der Waals surface area contributed by atoms with Gasteiger partial charge in [-0.15, -0.1) is 0 Å². The zero-order valence-electron chi connectivity index (χ0n) is 19.9. The van der Waals surface area contributed by atoms with Crippen LogP contribution in [0.2, 0.25) is 20.1 Å². The number of halogens is 4. The topological polar surface area (TPSA) is 86.8 Å². The molecular formula is C23H27Cl4N3O4S. The highest BCUT2D eigenvalue weighted by molar-refractivity contribution is 7.92. The van der Waals surface area contributed by atoms with E-state index in [9.17, 15) is 18.0 Å². The minimum Gasteiger partial charge on any atom is -0.350 e. The molecule has 0 fully saturated rings. The van der Waals surface area contributed by atoms with E-state index < -0.39 is 40.0 Å². The Hall–Kier alpha value is -1.71. The molecule has 0 saturated heterocycles. The molecule has 0 aliphatic rings. The van der Waals surface area contributed by atoms with Crippen molar-refractivity contribution in [3.63, 3.8) is 0 Å². The number of nitrogens with zero attached hydrogens (tertiary/aromatic N) is 2. The van der Waals surface area contributed by atoms with Crippen LogP contribution in [-0.2, 0) is 26.2 Å². The van der Waals surface area contributed by atoms with Gasteiger partial charge < -0.3 is 10.2 Å². The zero-order valence-corrected chi connectivity index (χ0v) is 23.7. The molecule has 0 unspecified atom stereocenters. The lowest BCUT2D eigenvalue weighted by atomic mass is 10.1. The van der Waals surface area contributed by atoms with Crippen molar-refractivity contribution in [3.05, 3.63) is 62.1 Å². The Bertz CT molecular complexity index is 1220. The summed E-state index contributed by atoms with van der Waals surface area (Å²) >= 11 is 24.2. The molecule has 1 N–H and O–H groups in total. The van der Waals surface area contributed by atoms with Gasteiger partial charge in [0.1, 0.15) is 12.6 Å². The standard InChI is InChI=1S/C23H27Cl4N3O4S/c1-14(22(32)28-23(2,3)4)29(12-15-6-8-17(24)19(26)10-15)21(31)13-30(35(5,33)34)16-7-9-18(25)20(27)11-16/h6-11,14H,12-13H2,1-5H3,(H,28,32)/t14-/m1/s1. The largest absolute Gasteiger partial charge is 0.350 e. The van der Waals surface area contributed by atoms with Crippen LogP contribution in [0.3, 0.4) is 0 Å². The third kappa shape index (κ3) is 8.43. The highest BCUT2D eigenvalue weighted by Crippen LogP contribution is 2.29. The lowest BCUT2D eigenvalue weighted by Gasteiger charge is -2.33. The van der Waals surface area contributed by atoms with Crippen LogP contribution in [0.1, 0.15) is 33.3 Å². The SMILES string of the molecule is C[C@H](C(=O)NC(C)(C)C)N(Cc1ccc(Cl)c(Cl)c1)C(=O)CN(c1ccc(Cl)c(Cl)c1)S(C)(=O)=O. The maximum absolute atomic E-state index is 13.5. The molecule has 0 spiro atoms. The molecule has 2 aromatic rings. The summed E-state index contributed by atoms with van der Waals surface area (Å²) in [5.74, 6) is -1.00. The van der Waals surface area contributed by atoms with Crippen molar-refractivity contribution >= 4 is 73.9 Å². The van der Waals surface area contributed by atoms with E-state index in [0.717, 1.165) is 10.6 Å². The Kier molecular flexibility index (Phi) is 9.75. The summed E-state index contributed by atoms with van der Waals surface area (Å²) in [5, 5.41) is 3.85. The normalized spacial score (nSPS) is 12.7. The van der Waals surface area contributed by atoms with Gasteiger partial charge in [-0.05, 0) is 63.6 Å². The number of anilines is 1. The van der Waals surface area contributed by atoms with Gasteiger partial charge >= 0.3 is 0 Å². The second-order valence-electron chi connectivity index (χ2n) is 9.05. The van der Waals surface area contributed by atoms with Crippen LogP contribution in [-0.4, -0.2) is 49.5 Å². The van der Waals surface area contributed by atoms with E-state index in [0.29, 0.717) is 10.6 Å². The number of hydrogen-bond acceptors (Lipinski definition) is 4. The smallest absolute Gasteiger partial charge is 0.244 e. The predicted molar refractivity (Wildman–Crippen MR) is 143 cm³/mol. The molecule has 0 heterocycles. The number of carbonyl (C=O) groups is 2. The molecule has 12 heteroatoms. The number of hydrogen-bond donors (Lipinski definition) is 1.